The zero-order chi connectivity index (χ0) is 14.3. The van der Waals surface area contributed by atoms with Gasteiger partial charge < -0.3 is 9.47 Å². The van der Waals surface area contributed by atoms with Gasteiger partial charge in [0.25, 0.3) is 0 Å². The van der Waals surface area contributed by atoms with Crippen molar-refractivity contribution in [1.29, 1.82) is 0 Å². The second-order valence-electron chi connectivity index (χ2n) is 4.15. The molecule has 0 radical (unpaired) electrons. The van der Waals surface area contributed by atoms with Crippen molar-refractivity contribution in [2.75, 3.05) is 20.3 Å². The lowest BCUT2D eigenvalue weighted by molar-refractivity contribution is 0.0411. The van der Waals surface area contributed by atoms with Crippen LogP contribution >= 0.6 is 15.9 Å². The highest BCUT2D eigenvalue weighted by molar-refractivity contribution is 9.10. The number of Topliss-reactive ketones (excluding diaryl/α,β-unsaturated/α-hetero) is 1. The zero-order valence-corrected chi connectivity index (χ0v) is 13.3. The van der Waals surface area contributed by atoms with Crippen LogP contribution in [-0.2, 0) is 16.0 Å². The Hall–Kier alpha value is -0.720. The number of halogens is 1. The van der Waals surface area contributed by atoms with Crippen molar-refractivity contribution in [3.63, 3.8) is 0 Å². The molecule has 0 saturated carbocycles. The highest BCUT2D eigenvalue weighted by Crippen LogP contribution is 2.20. The zero-order valence-electron chi connectivity index (χ0n) is 11.7. The van der Waals surface area contributed by atoms with Crippen molar-refractivity contribution in [2.45, 2.75) is 39.3 Å². The predicted octanol–water partition coefficient (Wildman–Crippen LogP) is 2.68. The molecule has 0 bridgehead atoms. The summed E-state index contributed by atoms with van der Waals surface area (Å²) in [5.74, 6) is -0.0239. The Kier molecular flexibility index (Phi) is 7.27. The van der Waals surface area contributed by atoms with E-state index in [0.717, 1.165) is 6.42 Å². The molecule has 0 N–H and O–H groups in total. The summed E-state index contributed by atoms with van der Waals surface area (Å²) in [5.41, 5.74) is 0.559. The van der Waals surface area contributed by atoms with Crippen LogP contribution in [0.2, 0.25) is 0 Å². The smallest absolute Gasteiger partial charge is 0.210 e. The highest BCUT2D eigenvalue weighted by Gasteiger charge is 2.25. The molecule has 0 fully saturated rings. The second-order valence-corrected chi connectivity index (χ2v) is 5.01. The number of aromatic nitrogens is 2. The normalized spacial score (nSPS) is 12.6. The molecule has 0 aliphatic rings. The molecular formula is C13H21BrN2O3. The maximum atomic E-state index is 12.5. The van der Waals surface area contributed by atoms with Crippen LogP contribution in [0, 0.1) is 0 Å². The van der Waals surface area contributed by atoms with Gasteiger partial charge in [-0.05, 0) is 29.3 Å². The lowest BCUT2D eigenvalue weighted by Crippen LogP contribution is -2.27. The quantitative estimate of drug-likeness (QED) is 0.652. The minimum Gasteiger partial charge on any atom is -0.383 e. The summed E-state index contributed by atoms with van der Waals surface area (Å²) in [5, 5.41) is 4.19. The van der Waals surface area contributed by atoms with E-state index in [2.05, 4.69) is 21.0 Å². The van der Waals surface area contributed by atoms with Crippen LogP contribution in [0.5, 0.6) is 0 Å². The van der Waals surface area contributed by atoms with E-state index in [0.29, 0.717) is 36.3 Å². The number of nitrogens with zero attached hydrogens (tertiary/aromatic N) is 2. The van der Waals surface area contributed by atoms with Crippen molar-refractivity contribution >= 4 is 21.7 Å². The molecule has 0 spiro atoms. The monoisotopic (exact) mass is 332 g/mol. The lowest BCUT2D eigenvalue weighted by atomic mass is 10.1. The SMILES string of the molecule is CCCC(OCC)C(=O)c1c(Br)cnn1CCOC. The van der Waals surface area contributed by atoms with Crippen LogP contribution in [0.1, 0.15) is 37.2 Å². The summed E-state index contributed by atoms with van der Waals surface area (Å²) in [6, 6.07) is 0. The van der Waals surface area contributed by atoms with E-state index in [1.165, 1.54) is 0 Å². The molecule has 0 aliphatic heterocycles. The van der Waals surface area contributed by atoms with Crippen LogP contribution in [-0.4, -0.2) is 42.0 Å². The van der Waals surface area contributed by atoms with Gasteiger partial charge in [-0.1, -0.05) is 13.3 Å². The van der Waals surface area contributed by atoms with E-state index in [1.54, 1.807) is 18.0 Å². The van der Waals surface area contributed by atoms with Gasteiger partial charge in [-0.3, -0.25) is 9.48 Å². The van der Waals surface area contributed by atoms with Gasteiger partial charge in [-0.25, -0.2) is 0 Å². The third-order valence-electron chi connectivity index (χ3n) is 2.75. The minimum absolute atomic E-state index is 0.0239. The number of hydrogen-bond donors (Lipinski definition) is 0. The van der Waals surface area contributed by atoms with Gasteiger partial charge in [0.05, 0.1) is 23.8 Å². The Morgan fingerprint density at radius 2 is 2.26 bits per heavy atom. The van der Waals surface area contributed by atoms with Gasteiger partial charge in [0.2, 0.25) is 5.78 Å². The number of carbonyl (C=O) groups is 1. The van der Waals surface area contributed by atoms with E-state index in [9.17, 15) is 4.79 Å². The molecular weight excluding hydrogens is 312 g/mol. The van der Waals surface area contributed by atoms with Crippen molar-refractivity contribution < 1.29 is 14.3 Å². The van der Waals surface area contributed by atoms with Gasteiger partial charge in [0, 0.05) is 13.7 Å². The van der Waals surface area contributed by atoms with Crippen molar-refractivity contribution in [3.8, 4) is 0 Å². The first-order valence-electron chi connectivity index (χ1n) is 6.51. The van der Waals surface area contributed by atoms with E-state index in [-0.39, 0.29) is 5.78 Å². The van der Waals surface area contributed by atoms with Gasteiger partial charge in [-0.15, -0.1) is 0 Å². The molecule has 108 valence electrons. The molecule has 5 nitrogen and oxygen atoms in total. The number of hydrogen-bond acceptors (Lipinski definition) is 4. The van der Waals surface area contributed by atoms with E-state index < -0.39 is 6.10 Å². The molecule has 19 heavy (non-hydrogen) atoms. The molecule has 1 atom stereocenters. The number of ether oxygens (including phenoxy) is 2. The van der Waals surface area contributed by atoms with Gasteiger partial charge in [-0.2, -0.15) is 5.10 Å². The van der Waals surface area contributed by atoms with Crippen LogP contribution in [0.3, 0.4) is 0 Å². The van der Waals surface area contributed by atoms with Crippen LogP contribution in [0.25, 0.3) is 0 Å². The van der Waals surface area contributed by atoms with Gasteiger partial charge in [0.1, 0.15) is 11.8 Å². The first-order valence-corrected chi connectivity index (χ1v) is 7.31. The maximum Gasteiger partial charge on any atom is 0.210 e. The first kappa shape index (κ1) is 16.3. The van der Waals surface area contributed by atoms with Crippen LogP contribution < -0.4 is 0 Å². The fraction of sp³-hybridized carbons (Fsp3) is 0.692. The predicted molar refractivity (Wildman–Crippen MR) is 76.5 cm³/mol. The average Bonchev–Trinajstić information content (AvgIpc) is 2.76. The molecule has 0 aliphatic carbocycles. The largest absolute Gasteiger partial charge is 0.383 e. The van der Waals surface area contributed by atoms with E-state index >= 15 is 0 Å². The number of methoxy groups -OCH3 is 1. The van der Waals surface area contributed by atoms with E-state index in [1.807, 2.05) is 13.8 Å². The van der Waals surface area contributed by atoms with Gasteiger partial charge in [0.15, 0.2) is 0 Å². The summed E-state index contributed by atoms with van der Waals surface area (Å²) in [7, 11) is 1.63. The summed E-state index contributed by atoms with van der Waals surface area (Å²) in [4.78, 5) is 12.5. The molecule has 1 aromatic heterocycles. The maximum absolute atomic E-state index is 12.5. The average molecular weight is 333 g/mol. The Morgan fingerprint density at radius 3 is 2.84 bits per heavy atom. The lowest BCUT2D eigenvalue weighted by Gasteiger charge is -2.16. The minimum atomic E-state index is -0.399. The summed E-state index contributed by atoms with van der Waals surface area (Å²) < 4.78 is 12.9. The first-order chi connectivity index (χ1) is 9.15. The molecule has 1 rings (SSSR count). The van der Waals surface area contributed by atoms with Crippen molar-refractivity contribution in [3.05, 3.63) is 16.4 Å². The number of ketones is 1. The third-order valence-corrected chi connectivity index (χ3v) is 3.33. The topological polar surface area (TPSA) is 53.3 Å². The Bertz CT molecular complexity index is 401. The Morgan fingerprint density at radius 1 is 1.53 bits per heavy atom. The molecule has 1 heterocycles. The molecule has 0 amide bonds. The number of rotatable bonds is 9. The van der Waals surface area contributed by atoms with Crippen molar-refractivity contribution in [1.82, 2.24) is 9.78 Å². The summed E-state index contributed by atoms with van der Waals surface area (Å²) in [6.45, 7) is 5.53. The fourth-order valence-electron chi connectivity index (χ4n) is 1.86. The molecule has 6 heteroatoms. The Balaban J connectivity index is 2.92. The second kappa shape index (κ2) is 8.45. The fourth-order valence-corrected chi connectivity index (χ4v) is 2.35. The van der Waals surface area contributed by atoms with Gasteiger partial charge >= 0.3 is 0 Å². The third kappa shape index (κ3) is 4.40. The summed E-state index contributed by atoms with van der Waals surface area (Å²) in [6.07, 6.45) is 2.86. The molecule has 1 aromatic rings. The standard InChI is InChI=1S/C13H21BrN2O3/c1-4-6-11(19-5-2)13(17)12-10(14)9-15-16(12)7-8-18-3/h9,11H,4-8H2,1-3H3. The molecule has 0 saturated heterocycles. The Labute approximate surface area is 122 Å². The number of carbonyl (C=O) groups excluding carboxylic acids is 1. The molecule has 0 aromatic carbocycles. The molecule has 1 unspecified atom stereocenters. The van der Waals surface area contributed by atoms with Crippen molar-refractivity contribution in [2.24, 2.45) is 0 Å². The van der Waals surface area contributed by atoms with Crippen LogP contribution in [0.15, 0.2) is 10.7 Å². The van der Waals surface area contributed by atoms with Crippen LogP contribution in [0.4, 0.5) is 0 Å². The highest BCUT2D eigenvalue weighted by atomic mass is 79.9. The van der Waals surface area contributed by atoms with E-state index in [4.69, 9.17) is 9.47 Å². The summed E-state index contributed by atoms with van der Waals surface area (Å²) >= 11 is 3.38.